The molecular weight excluding hydrogens is 314 g/mol. The lowest BCUT2D eigenvalue weighted by Gasteiger charge is -2.02. The first-order valence-corrected chi connectivity index (χ1v) is 8.33. The zero-order valence-electron chi connectivity index (χ0n) is 11.1. The minimum Gasteiger partial charge on any atom is -0.301 e. The summed E-state index contributed by atoms with van der Waals surface area (Å²) in [4.78, 5) is 15.1. The molecule has 1 amide bonds. The molecule has 2 aromatic rings. The van der Waals surface area contributed by atoms with Gasteiger partial charge >= 0.3 is 0 Å². The normalized spacial score (nSPS) is 11.3. The van der Waals surface area contributed by atoms with Crippen molar-refractivity contribution in [3.05, 3.63) is 30.1 Å². The molecule has 0 saturated heterocycles. The van der Waals surface area contributed by atoms with Crippen molar-refractivity contribution in [3.8, 4) is 0 Å². The fourth-order valence-corrected chi connectivity index (χ4v) is 3.29. The fourth-order valence-electron chi connectivity index (χ4n) is 1.32. The molecule has 0 unspecified atom stereocenters. The van der Waals surface area contributed by atoms with E-state index in [2.05, 4.69) is 25.2 Å². The third kappa shape index (κ3) is 4.28. The lowest BCUT2D eigenvalue weighted by Crippen LogP contribution is -2.23. The van der Waals surface area contributed by atoms with Gasteiger partial charge in [-0.1, -0.05) is 24.3 Å². The van der Waals surface area contributed by atoms with Crippen LogP contribution in [0.2, 0.25) is 0 Å². The summed E-state index contributed by atoms with van der Waals surface area (Å²) in [5.74, 6) is -0.251. The van der Waals surface area contributed by atoms with Crippen molar-refractivity contribution in [1.82, 2.24) is 19.9 Å². The third-order valence-corrected chi connectivity index (χ3v) is 5.00. The van der Waals surface area contributed by atoms with Crippen LogP contribution >= 0.6 is 11.3 Å². The molecule has 0 aliphatic carbocycles. The average Bonchev–Trinajstić information content (AvgIpc) is 2.95. The molecule has 10 heteroatoms. The second-order valence-electron chi connectivity index (χ2n) is 3.96. The highest BCUT2D eigenvalue weighted by molar-refractivity contribution is 7.91. The average molecular weight is 327 g/mol. The van der Waals surface area contributed by atoms with Crippen molar-refractivity contribution in [1.29, 1.82) is 0 Å². The van der Waals surface area contributed by atoms with Gasteiger partial charge in [0.15, 0.2) is 0 Å². The molecule has 2 rings (SSSR count). The Morgan fingerprint density at radius 2 is 2.19 bits per heavy atom. The molecule has 0 bridgehead atoms. The Morgan fingerprint density at radius 1 is 1.38 bits per heavy atom. The molecule has 0 radical (unpaired) electrons. The van der Waals surface area contributed by atoms with Crippen LogP contribution in [0.5, 0.6) is 0 Å². The number of aromatic nitrogens is 3. The number of nitrogens with zero attached hydrogens (tertiary/aromatic N) is 3. The lowest BCUT2D eigenvalue weighted by molar-refractivity contribution is -0.115. The van der Waals surface area contributed by atoms with E-state index in [9.17, 15) is 13.2 Å². The van der Waals surface area contributed by atoms with Crippen molar-refractivity contribution >= 4 is 32.4 Å². The number of amides is 1. The Bertz CT molecular complexity index is 714. The van der Waals surface area contributed by atoms with Gasteiger partial charge in [-0.15, -0.1) is 10.2 Å². The van der Waals surface area contributed by atoms with E-state index < -0.39 is 10.0 Å². The molecule has 0 saturated carbocycles. The number of sulfonamides is 1. The van der Waals surface area contributed by atoms with Gasteiger partial charge < -0.3 is 5.32 Å². The Hall–Kier alpha value is -1.91. The molecule has 0 fully saturated rings. The zero-order valence-corrected chi connectivity index (χ0v) is 12.7. The molecule has 2 heterocycles. The summed E-state index contributed by atoms with van der Waals surface area (Å²) < 4.78 is 26.3. The van der Waals surface area contributed by atoms with Gasteiger partial charge in [-0.05, 0) is 11.6 Å². The van der Waals surface area contributed by atoms with Gasteiger partial charge in [-0.25, -0.2) is 13.1 Å². The predicted octanol–water partition coefficient (Wildman–Crippen LogP) is 0.760. The highest BCUT2D eigenvalue weighted by Crippen LogP contribution is 2.20. The maximum absolute atomic E-state index is 12.0. The van der Waals surface area contributed by atoms with E-state index in [1.165, 1.54) is 0 Å². The minimum absolute atomic E-state index is 0.104. The van der Waals surface area contributed by atoms with E-state index in [1.807, 2.05) is 0 Å². The summed E-state index contributed by atoms with van der Waals surface area (Å²) in [7, 11) is -3.76. The number of pyridine rings is 1. The standard InChI is InChI=1S/C11H13N5O3S2/c1-2-9(17)14-10-15-16-11(20-10)21(18,19)13-7-8-4-3-5-12-6-8/h3-6,13H,2,7H2,1H3,(H,14,15,17). The number of carbonyl (C=O) groups is 1. The molecular formula is C11H13N5O3S2. The van der Waals surface area contributed by atoms with Crippen LogP contribution in [0.25, 0.3) is 0 Å². The second kappa shape index (κ2) is 6.70. The summed E-state index contributed by atoms with van der Waals surface area (Å²) >= 11 is 0.798. The van der Waals surface area contributed by atoms with E-state index in [0.29, 0.717) is 0 Å². The summed E-state index contributed by atoms with van der Waals surface area (Å²) in [5, 5.41) is 9.82. The van der Waals surface area contributed by atoms with Crippen molar-refractivity contribution in [2.75, 3.05) is 5.32 Å². The monoisotopic (exact) mass is 327 g/mol. The quantitative estimate of drug-likeness (QED) is 0.757. The molecule has 0 aromatic carbocycles. The number of rotatable bonds is 6. The van der Waals surface area contributed by atoms with Crippen LogP contribution in [0.4, 0.5) is 5.13 Å². The van der Waals surface area contributed by atoms with Gasteiger partial charge in [0.2, 0.25) is 15.4 Å². The minimum atomic E-state index is -3.76. The van der Waals surface area contributed by atoms with Crippen LogP contribution in [0.3, 0.4) is 0 Å². The summed E-state index contributed by atoms with van der Waals surface area (Å²) in [6, 6.07) is 3.47. The predicted molar refractivity (Wildman–Crippen MR) is 77.1 cm³/mol. The first-order valence-electron chi connectivity index (χ1n) is 6.03. The smallest absolute Gasteiger partial charge is 0.270 e. The van der Waals surface area contributed by atoms with Gasteiger partial charge in [-0.3, -0.25) is 9.78 Å². The first kappa shape index (κ1) is 15.5. The van der Waals surface area contributed by atoms with E-state index >= 15 is 0 Å². The second-order valence-corrected chi connectivity index (χ2v) is 6.88. The largest absolute Gasteiger partial charge is 0.301 e. The van der Waals surface area contributed by atoms with E-state index in [1.54, 1.807) is 31.5 Å². The van der Waals surface area contributed by atoms with Crippen LogP contribution < -0.4 is 10.0 Å². The molecule has 112 valence electrons. The topological polar surface area (TPSA) is 114 Å². The van der Waals surface area contributed by atoms with Crippen LogP contribution in [0.1, 0.15) is 18.9 Å². The van der Waals surface area contributed by atoms with Gasteiger partial charge in [-0.2, -0.15) is 0 Å². The van der Waals surface area contributed by atoms with Crippen LogP contribution in [-0.2, 0) is 21.4 Å². The SMILES string of the molecule is CCC(=O)Nc1nnc(S(=O)(=O)NCc2cccnc2)s1. The van der Waals surface area contributed by atoms with Crippen molar-refractivity contribution in [3.63, 3.8) is 0 Å². The van der Waals surface area contributed by atoms with Crippen LogP contribution in [-0.4, -0.2) is 29.5 Å². The molecule has 8 nitrogen and oxygen atoms in total. The fraction of sp³-hybridized carbons (Fsp3) is 0.273. The van der Waals surface area contributed by atoms with Crippen LogP contribution in [0, 0.1) is 0 Å². The Balaban J connectivity index is 2.04. The van der Waals surface area contributed by atoms with Gasteiger partial charge in [0.05, 0.1) is 0 Å². The highest BCUT2D eigenvalue weighted by atomic mass is 32.2. The number of hydrogen-bond acceptors (Lipinski definition) is 7. The third-order valence-electron chi connectivity index (χ3n) is 2.39. The van der Waals surface area contributed by atoms with E-state index in [0.717, 1.165) is 16.9 Å². The van der Waals surface area contributed by atoms with Crippen LogP contribution in [0.15, 0.2) is 28.9 Å². The number of nitrogens with one attached hydrogen (secondary N) is 2. The van der Waals surface area contributed by atoms with Crippen molar-refractivity contribution in [2.45, 2.75) is 24.2 Å². The molecule has 21 heavy (non-hydrogen) atoms. The number of carbonyl (C=O) groups excluding carboxylic acids is 1. The maximum Gasteiger partial charge on any atom is 0.270 e. The summed E-state index contributed by atoms with van der Waals surface area (Å²) in [6.45, 7) is 1.79. The van der Waals surface area contributed by atoms with E-state index in [4.69, 9.17) is 0 Å². The van der Waals surface area contributed by atoms with Crippen molar-refractivity contribution < 1.29 is 13.2 Å². The zero-order chi connectivity index (χ0) is 15.3. The Kier molecular flexibility index (Phi) is 4.94. The van der Waals surface area contributed by atoms with Crippen molar-refractivity contribution in [2.24, 2.45) is 0 Å². The number of hydrogen-bond donors (Lipinski definition) is 2. The lowest BCUT2D eigenvalue weighted by atomic mass is 10.3. The molecule has 0 aliphatic rings. The molecule has 2 aromatic heterocycles. The molecule has 0 atom stereocenters. The molecule has 0 spiro atoms. The highest BCUT2D eigenvalue weighted by Gasteiger charge is 2.20. The summed E-state index contributed by atoms with van der Waals surface area (Å²) in [5.41, 5.74) is 0.727. The van der Waals surface area contributed by atoms with Gasteiger partial charge in [0.1, 0.15) is 0 Å². The molecule has 0 aliphatic heterocycles. The Labute approximate surface area is 125 Å². The molecule has 2 N–H and O–H groups in total. The Morgan fingerprint density at radius 3 is 2.86 bits per heavy atom. The van der Waals surface area contributed by atoms with Gasteiger partial charge in [0.25, 0.3) is 10.0 Å². The number of anilines is 1. The van der Waals surface area contributed by atoms with Gasteiger partial charge in [0, 0.05) is 25.4 Å². The maximum atomic E-state index is 12.0. The first-order chi connectivity index (χ1) is 10.0. The summed E-state index contributed by atoms with van der Waals surface area (Å²) in [6.07, 6.45) is 3.45. The van der Waals surface area contributed by atoms with E-state index in [-0.39, 0.29) is 28.3 Å².